The molecule has 194 valence electrons. The molecule has 1 aliphatic rings. The van der Waals surface area contributed by atoms with Gasteiger partial charge in [-0.1, -0.05) is 135 Å². The fraction of sp³-hybridized carbons (Fsp3) is 0.0789. The Hall–Kier alpha value is -5.15. The number of rotatable bonds is 3. The Morgan fingerprint density at radius 1 is 0.439 bits per heavy atom. The van der Waals surface area contributed by atoms with Crippen molar-refractivity contribution in [2.75, 3.05) is 0 Å². The normalized spacial score (nSPS) is 13.3. The maximum absolute atomic E-state index is 5.10. The molecule has 0 fully saturated rings. The van der Waals surface area contributed by atoms with Crippen molar-refractivity contribution in [3.8, 4) is 45.3 Å². The van der Waals surface area contributed by atoms with Gasteiger partial charge in [-0.3, -0.25) is 0 Å². The van der Waals surface area contributed by atoms with Gasteiger partial charge in [-0.15, -0.1) is 0 Å². The van der Waals surface area contributed by atoms with E-state index in [0.717, 1.165) is 27.5 Å². The molecule has 3 nitrogen and oxygen atoms in total. The number of benzene rings is 6. The van der Waals surface area contributed by atoms with Crippen molar-refractivity contribution in [3.05, 3.63) is 139 Å². The fourth-order valence-electron chi connectivity index (χ4n) is 6.43. The summed E-state index contributed by atoms with van der Waals surface area (Å²) in [6, 6.07) is 44.8. The van der Waals surface area contributed by atoms with Gasteiger partial charge in [-0.2, -0.15) is 0 Å². The van der Waals surface area contributed by atoms with E-state index in [1.54, 1.807) is 0 Å². The molecule has 0 spiro atoms. The fourth-order valence-corrected chi connectivity index (χ4v) is 6.43. The molecule has 41 heavy (non-hydrogen) atoms. The Labute approximate surface area is 239 Å². The number of nitrogens with zero attached hydrogens (tertiary/aromatic N) is 3. The Morgan fingerprint density at radius 3 is 1.98 bits per heavy atom. The van der Waals surface area contributed by atoms with Gasteiger partial charge >= 0.3 is 0 Å². The second-order valence-electron chi connectivity index (χ2n) is 11.3. The van der Waals surface area contributed by atoms with Crippen LogP contribution < -0.4 is 0 Å². The van der Waals surface area contributed by atoms with Crippen LogP contribution in [0.25, 0.3) is 66.8 Å². The molecule has 0 N–H and O–H groups in total. The molecule has 0 saturated carbocycles. The maximum Gasteiger partial charge on any atom is 0.164 e. The molecule has 1 aromatic heterocycles. The van der Waals surface area contributed by atoms with Gasteiger partial charge in [0.2, 0.25) is 0 Å². The summed E-state index contributed by atoms with van der Waals surface area (Å²) < 4.78 is 0. The zero-order chi connectivity index (χ0) is 27.6. The smallest absolute Gasteiger partial charge is 0.164 e. The van der Waals surface area contributed by atoms with Crippen molar-refractivity contribution in [2.45, 2.75) is 19.3 Å². The second-order valence-corrected chi connectivity index (χ2v) is 11.3. The Bertz CT molecular complexity index is 2130. The first kappa shape index (κ1) is 23.7. The summed E-state index contributed by atoms with van der Waals surface area (Å²) >= 11 is 0. The number of aromatic nitrogens is 3. The monoisotopic (exact) mass is 525 g/mol. The molecule has 0 bridgehead atoms. The first-order chi connectivity index (χ1) is 20.1. The maximum atomic E-state index is 5.10. The van der Waals surface area contributed by atoms with Crippen LogP contribution in [-0.4, -0.2) is 15.0 Å². The van der Waals surface area contributed by atoms with Gasteiger partial charge in [0.15, 0.2) is 17.5 Å². The average Bonchev–Trinajstić information content (AvgIpc) is 3.27. The SMILES string of the molecule is CC1(C)c2ccccc2-c2c1ccc1c(-c3nc(-c4ccccc4)nc(-c4ccc5ccccc5c4)n3)cccc21. The minimum Gasteiger partial charge on any atom is -0.208 e. The quantitative estimate of drug-likeness (QED) is 0.231. The highest BCUT2D eigenvalue weighted by molar-refractivity contribution is 6.07. The minimum atomic E-state index is -0.0486. The van der Waals surface area contributed by atoms with E-state index in [9.17, 15) is 0 Å². The summed E-state index contributed by atoms with van der Waals surface area (Å²) in [6.07, 6.45) is 0. The van der Waals surface area contributed by atoms with E-state index in [1.165, 1.54) is 33.0 Å². The van der Waals surface area contributed by atoms with Crippen molar-refractivity contribution in [2.24, 2.45) is 0 Å². The van der Waals surface area contributed by atoms with Crippen LogP contribution in [0.15, 0.2) is 127 Å². The van der Waals surface area contributed by atoms with Crippen LogP contribution in [0.1, 0.15) is 25.0 Å². The van der Waals surface area contributed by atoms with E-state index in [1.807, 2.05) is 18.2 Å². The van der Waals surface area contributed by atoms with Gasteiger partial charge in [0.25, 0.3) is 0 Å². The number of hydrogen-bond donors (Lipinski definition) is 0. The van der Waals surface area contributed by atoms with Crippen molar-refractivity contribution < 1.29 is 0 Å². The molecule has 1 aliphatic carbocycles. The van der Waals surface area contributed by atoms with Gasteiger partial charge in [0, 0.05) is 22.1 Å². The molecule has 1 heterocycles. The van der Waals surface area contributed by atoms with E-state index >= 15 is 0 Å². The Morgan fingerprint density at radius 2 is 1.12 bits per heavy atom. The van der Waals surface area contributed by atoms with E-state index in [0.29, 0.717) is 17.5 Å². The third-order valence-electron chi connectivity index (χ3n) is 8.52. The molecule has 0 saturated heterocycles. The van der Waals surface area contributed by atoms with Crippen LogP contribution in [0.4, 0.5) is 0 Å². The van der Waals surface area contributed by atoms with E-state index in [-0.39, 0.29) is 5.41 Å². The Kier molecular flexibility index (Phi) is 5.17. The highest BCUT2D eigenvalue weighted by Gasteiger charge is 2.36. The number of hydrogen-bond acceptors (Lipinski definition) is 3. The van der Waals surface area contributed by atoms with Crippen molar-refractivity contribution in [1.29, 1.82) is 0 Å². The lowest BCUT2D eigenvalue weighted by molar-refractivity contribution is 0.661. The summed E-state index contributed by atoms with van der Waals surface area (Å²) in [7, 11) is 0. The van der Waals surface area contributed by atoms with E-state index in [4.69, 9.17) is 15.0 Å². The van der Waals surface area contributed by atoms with Crippen LogP contribution in [0, 0.1) is 0 Å². The first-order valence-corrected chi connectivity index (χ1v) is 14.0. The summed E-state index contributed by atoms with van der Waals surface area (Å²) in [5.74, 6) is 2.02. The van der Waals surface area contributed by atoms with Crippen molar-refractivity contribution in [1.82, 2.24) is 15.0 Å². The molecule has 8 rings (SSSR count). The first-order valence-electron chi connectivity index (χ1n) is 14.0. The molecule has 0 atom stereocenters. The third kappa shape index (κ3) is 3.70. The highest BCUT2D eigenvalue weighted by atomic mass is 15.0. The molecular formula is C38H27N3. The summed E-state index contributed by atoms with van der Waals surface area (Å²) in [5, 5.41) is 4.73. The van der Waals surface area contributed by atoms with Crippen LogP contribution in [0.3, 0.4) is 0 Å². The number of fused-ring (bicyclic) bond motifs is 6. The van der Waals surface area contributed by atoms with E-state index < -0.39 is 0 Å². The predicted octanol–water partition coefficient (Wildman–Crippen LogP) is 9.49. The molecule has 0 radical (unpaired) electrons. The lowest BCUT2D eigenvalue weighted by Crippen LogP contribution is -2.14. The molecule has 0 aliphatic heterocycles. The minimum absolute atomic E-state index is 0.0486. The summed E-state index contributed by atoms with van der Waals surface area (Å²) in [4.78, 5) is 15.1. The largest absolute Gasteiger partial charge is 0.208 e. The lowest BCUT2D eigenvalue weighted by Gasteiger charge is -2.21. The van der Waals surface area contributed by atoms with Gasteiger partial charge in [0.1, 0.15) is 0 Å². The van der Waals surface area contributed by atoms with Gasteiger partial charge < -0.3 is 0 Å². The molecule has 7 aromatic rings. The average molecular weight is 526 g/mol. The zero-order valence-electron chi connectivity index (χ0n) is 23.0. The molecule has 6 aromatic carbocycles. The van der Waals surface area contributed by atoms with Gasteiger partial charge in [-0.05, 0) is 49.9 Å². The van der Waals surface area contributed by atoms with E-state index in [2.05, 4.69) is 123 Å². The highest BCUT2D eigenvalue weighted by Crippen LogP contribution is 2.51. The topological polar surface area (TPSA) is 38.7 Å². The predicted molar refractivity (Wildman–Crippen MR) is 169 cm³/mol. The van der Waals surface area contributed by atoms with Crippen molar-refractivity contribution in [3.63, 3.8) is 0 Å². The Balaban J connectivity index is 1.38. The van der Waals surface area contributed by atoms with Crippen LogP contribution >= 0.6 is 0 Å². The van der Waals surface area contributed by atoms with Gasteiger partial charge in [-0.25, -0.2) is 15.0 Å². The summed E-state index contributed by atoms with van der Waals surface area (Å²) in [5.41, 5.74) is 8.27. The second kappa shape index (κ2) is 8.94. The third-order valence-corrected chi connectivity index (χ3v) is 8.52. The van der Waals surface area contributed by atoms with Crippen LogP contribution in [0.5, 0.6) is 0 Å². The zero-order valence-corrected chi connectivity index (χ0v) is 23.0. The summed E-state index contributed by atoms with van der Waals surface area (Å²) in [6.45, 7) is 4.64. The van der Waals surface area contributed by atoms with Crippen LogP contribution in [0.2, 0.25) is 0 Å². The molecule has 0 unspecified atom stereocenters. The molecule has 0 amide bonds. The molecular weight excluding hydrogens is 498 g/mol. The van der Waals surface area contributed by atoms with Crippen LogP contribution in [-0.2, 0) is 5.41 Å². The standard InChI is InChI=1S/C38H27N3/c1-38(2)32-18-9-8-15-31(32)34-29-16-10-17-30(28(29)21-22-33(34)38)37-40-35(25-12-4-3-5-13-25)39-36(41-37)27-20-19-24-11-6-7-14-26(24)23-27/h3-23H,1-2H3. The molecule has 3 heteroatoms. The van der Waals surface area contributed by atoms with Crippen molar-refractivity contribution >= 4 is 21.5 Å². The van der Waals surface area contributed by atoms with Gasteiger partial charge in [0.05, 0.1) is 0 Å². The lowest BCUT2D eigenvalue weighted by atomic mass is 9.82.